The molecule has 1 aromatic carbocycles. The summed E-state index contributed by atoms with van der Waals surface area (Å²) in [6, 6.07) is 12.9. The minimum absolute atomic E-state index is 0. The van der Waals surface area contributed by atoms with Crippen LogP contribution in [0.4, 0.5) is 6.01 Å². The molecule has 97 valence electrons. The van der Waals surface area contributed by atoms with Gasteiger partial charge in [0.05, 0.1) is 6.26 Å². The smallest absolute Gasteiger partial charge is 0.322 e. The van der Waals surface area contributed by atoms with E-state index in [0.29, 0.717) is 11.3 Å². The predicted molar refractivity (Wildman–Crippen MR) is 65.2 cm³/mol. The number of hydrogen-bond acceptors (Lipinski definition) is 5. The molecule has 0 aliphatic heterocycles. The fourth-order valence-corrected chi connectivity index (χ4v) is 1.48. The van der Waals surface area contributed by atoms with Crippen molar-refractivity contribution in [2.75, 3.05) is 5.32 Å². The molecule has 7 heteroatoms. The summed E-state index contributed by atoms with van der Waals surface area (Å²) in [4.78, 5) is 11.8. The Morgan fingerprint density at radius 1 is 1.25 bits per heavy atom. The minimum Gasteiger partial charge on any atom is -0.459 e. The van der Waals surface area contributed by atoms with Crippen LogP contribution >= 0.6 is 0 Å². The van der Waals surface area contributed by atoms with E-state index >= 15 is 0 Å². The summed E-state index contributed by atoms with van der Waals surface area (Å²) in [6.45, 7) is 0. The van der Waals surface area contributed by atoms with Crippen LogP contribution in [0, 0.1) is 6.07 Å². The summed E-state index contributed by atoms with van der Waals surface area (Å²) >= 11 is 0. The van der Waals surface area contributed by atoms with Crippen LogP contribution in [-0.2, 0) is 32.7 Å². The normalized spacial score (nSPS) is 9.80. The van der Waals surface area contributed by atoms with Gasteiger partial charge >= 0.3 is 6.01 Å². The van der Waals surface area contributed by atoms with Gasteiger partial charge in [0.2, 0.25) is 5.91 Å². The van der Waals surface area contributed by atoms with Crippen molar-refractivity contribution in [1.82, 2.24) is 10.2 Å². The molecule has 0 aliphatic carbocycles. The first kappa shape index (κ1) is 14.6. The van der Waals surface area contributed by atoms with E-state index in [1.54, 1.807) is 36.4 Å². The van der Waals surface area contributed by atoms with Crippen LogP contribution in [0.25, 0.3) is 11.7 Å². The summed E-state index contributed by atoms with van der Waals surface area (Å²) in [5.41, 5.74) is 0.459. The van der Waals surface area contributed by atoms with Gasteiger partial charge < -0.3 is 8.83 Å². The van der Waals surface area contributed by atoms with Crippen LogP contribution in [0.2, 0.25) is 0 Å². The van der Waals surface area contributed by atoms with Crippen molar-refractivity contribution in [3.8, 4) is 11.7 Å². The third-order valence-electron chi connectivity index (χ3n) is 2.35. The fraction of sp³-hybridized carbons (Fsp3) is 0. The number of furan rings is 1. The molecule has 1 amide bonds. The van der Waals surface area contributed by atoms with Crippen LogP contribution < -0.4 is 5.32 Å². The van der Waals surface area contributed by atoms with E-state index in [1.165, 1.54) is 6.26 Å². The Morgan fingerprint density at radius 3 is 2.85 bits per heavy atom. The molecule has 0 bridgehead atoms. The Hall–Kier alpha value is -1.79. The molecule has 0 fully saturated rings. The SMILES string of the molecule is O=C(Nc1nnc(-c2ccco2)o1)c1c[c-]ccc1.[Y]. The number of amides is 1. The first-order chi connectivity index (χ1) is 9.33. The Kier molecular flexibility index (Phi) is 4.81. The number of carbonyl (C=O) groups excluding carboxylic acids is 1. The van der Waals surface area contributed by atoms with Crippen molar-refractivity contribution in [2.45, 2.75) is 0 Å². The molecule has 3 aromatic rings. The largest absolute Gasteiger partial charge is 0.459 e. The van der Waals surface area contributed by atoms with Gasteiger partial charge in [-0.3, -0.25) is 10.1 Å². The molecule has 20 heavy (non-hydrogen) atoms. The molecule has 2 heterocycles. The third kappa shape index (κ3) is 3.21. The molecule has 0 spiro atoms. The van der Waals surface area contributed by atoms with E-state index < -0.39 is 0 Å². The summed E-state index contributed by atoms with van der Waals surface area (Å²) in [5.74, 6) is 0.312. The van der Waals surface area contributed by atoms with Crippen molar-refractivity contribution in [3.05, 3.63) is 54.3 Å². The van der Waals surface area contributed by atoms with Gasteiger partial charge in [-0.1, -0.05) is 10.7 Å². The Balaban J connectivity index is 0.00000147. The summed E-state index contributed by atoms with van der Waals surface area (Å²) in [7, 11) is 0. The van der Waals surface area contributed by atoms with Crippen molar-refractivity contribution in [3.63, 3.8) is 0 Å². The molecule has 1 N–H and O–H groups in total. The average molecular weight is 343 g/mol. The van der Waals surface area contributed by atoms with Crippen molar-refractivity contribution in [1.29, 1.82) is 0 Å². The van der Waals surface area contributed by atoms with Crippen LogP contribution in [-0.4, -0.2) is 16.1 Å². The van der Waals surface area contributed by atoms with Gasteiger partial charge in [0.1, 0.15) is 0 Å². The number of anilines is 1. The average Bonchev–Trinajstić information content (AvgIpc) is 3.10. The minimum atomic E-state index is -0.341. The number of benzene rings is 1. The summed E-state index contributed by atoms with van der Waals surface area (Å²) in [5, 5.41) is 9.99. The maximum atomic E-state index is 11.8. The van der Waals surface area contributed by atoms with E-state index in [-0.39, 0.29) is 50.5 Å². The second-order valence-electron chi connectivity index (χ2n) is 3.64. The van der Waals surface area contributed by atoms with Crippen molar-refractivity contribution >= 4 is 11.9 Å². The molecule has 0 atom stereocenters. The second kappa shape index (κ2) is 6.59. The molecule has 0 unspecified atom stereocenters. The molecule has 2 aromatic heterocycles. The molecule has 0 aliphatic rings. The van der Waals surface area contributed by atoms with E-state index in [0.717, 1.165) is 0 Å². The number of aromatic nitrogens is 2. The molecule has 6 nitrogen and oxygen atoms in total. The standard InChI is InChI=1S/C13H8N3O3.Y/c17-11(9-5-2-1-3-6-9)14-13-16-15-12(19-13)10-7-4-8-18-10;/h1-2,4-8H,(H,14,16,17);/q-1;. The summed E-state index contributed by atoms with van der Waals surface area (Å²) < 4.78 is 10.4. The number of rotatable bonds is 3. The Labute approximate surface area is 139 Å². The molecule has 0 saturated heterocycles. The van der Waals surface area contributed by atoms with Gasteiger partial charge in [-0.05, 0) is 12.1 Å². The van der Waals surface area contributed by atoms with Crippen LogP contribution in [0.15, 0.2) is 51.5 Å². The zero-order valence-electron chi connectivity index (χ0n) is 10.2. The summed E-state index contributed by atoms with van der Waals surface area (Å²) in [6.07, 6.45) is 1.50. The first-order valence-electron chi connectivity index (χ1n) is 5.48. The topological polar surface area (TPSA) is 81.2 Å². The zero-order valence-corrected chi connectivity index (χ0v) is 13.1. The maximum Gasteiger partial charge on any atom is 0.322 e. The van der Waals surface area contributed by atoms with Gasteiger partial charge in [0.25, 0.3) is 5.89 Å². The second-order valence-corrected chi connectivity index (χ2v) is 3.64. The van der Waals surface area contributed by atoms with Gasteiger partial charge in [0, 0.05) is 32.7 Å². The molecule has 1 radical (unpaired) electrons. The third-order valence-corrected chi connectivity index (χ3v) is 2.35. The van der Waals surface area contributed by atoms with E-state index in [4.69, 9.17) is 8.83 Å². The van der Waals surface area contributed by atoms with Crippen LogP contribution in [0.1, 0.15) is 10.4 Å². The zero-order chi connectivity index (χ0) is 13.1. The predicted octanol–water partition coefficient (Wildman–Crippen LogP) is 2.38. The number of nitrogens with zero attached hydrogens (tertiary/aromatic N) is 2. The van der Waals surface area contributed by atoms with E-state index in [9.17, 15) is 4.79 Å². The number of hydrogen-bond donors (Lipinski definition) is 1. The first-order valence-corrected chi connectivity index (χ1v) is 5.48. The van der Waals surface area contributed by atoms with Crippen molar-refractivity contribution < 1.29 is 46.3 Å². The fourth-order valence-electron chi connectivity index (χ4n) is 1.48. The van der Waals surface area contributed by atoms with Gasteiger partial charge in [-0.25, -0.2) is 0 Å². The Morgan fingerprint density at radius 2 is 2.15 bits per heavy atom. The molecule has 3 rings (SSSR count). The number of carbonyl (C=O) groups is 1. The van der Waals surface area contributed by atoms with Gasteiger partial charge in [-0.15, -0.1) is 5.10 Å². The quantitative estimate of drug-likeness (QED) is 0.739. The van der Waals surface area contributed by atoms with Crippen LogP contribution in [0.3, 0.4) is 0 Å². The maximum absolute atomic E-state index is 11.8. The van der Waals surface area contributed by atoms with Crippen molar-refractivity contribution in [2.24, 2.45) is 0 Å². The number of nitrogens with one attached hydrogen (secondary N) is 1. The molecule has 0 saturated carbocycles. The molecular weight excluding hydrogens is 335 g/mol. The van der Waals surface area contributed by atoms with E-state index in [1.807, 2.05) is 0 Å². The Bertz CT molecular complexity index is 680. The van der Waals surface area contributed by atoms with Gasteiger partial charge in [0.15, 0.2) is 5.76 Å². The van der Waals surface area contributed by atoms with E-state index in [2.05, 4.69) is 21.6 Å². The monoisotopic (exact) mass is 343 g/mol. The molecular formula is C13H8N3O3Y-. The van der Waals surface area contributed by atoms with Crippen LogP contribution in [0.5, 0.6) is 0 Å². The van der Waals surface area contributed by atoms with Gasteiger partial charge in [-0.2, -0.15) is 30.3 Å².